The van der Waals surface area contributed by atoms with Crippen LogP contribution >= 0.6 is 11.8 Å². The van der Waals surface area contributed by atoms with E-state index in [2.05, 4.69) is 20.8 Å². The van der Waals surface area contributed by atoms with Crippen LogP contribution in [0, 0.1) is 33.1 Å². The first kappa shape index (κ1) is 28.2. The fraction of sp³-hybridized carbons (Fsp3) is 0.333. The maximum absolute atomic E-state index is 12.9. The summed E-state index contributed by atoms with van der Waals surface area (Å²) >= 11 is 1.14. The number of thioether (sulfide) groups is 1. The molecule has 0 bridgehead atoms. The predicted octanol–water partition coefficient (Wildman–Crippen LogP) is 4.28. The highest BCUT2D eigenvalue weighted by Gasteiger charge is 2.27. The number of nitro benzene ring substituents is 2. The smallest absolute Gasteiger partial charge is 0.274 e. The fourth-order valence-corrected chi connectivity index (χ4v) is 4.47. The van der Waals surface area contributed by atoms with Gasteiger partial charge in [0, 0.05) is 41.6 Å². The number of anilines is 1. The molecule has 13 nitrogen and oxygen atoms in total. The number of amides is 2. The number of rotatable bonds is 11. The van der Waals surface area contributed by atoms with Gasteiger partial charge in [0.05, 0.1) is 21.6 Å². The molecule has 0 saturated heterocycles. The lowest BCUT2D eigenvalue weighted by Gasteiger charge is -2.22. The molecule has 1 heterocycles. The van der Waals surface area contributed by atoms with E-state index in [1.54, 1.807) is 23.6 Å². The minimum atomic E-state index is -0.565. The van der Waals surface area contributed by atoms with E-state index in [0.717, 1.165) is 11.8 Å². The molecule has 0 spiro atoms. The molecular formula is C24H27N7O6S. The van der Waals surface area contributed by atoms with Crippen LogP contribution in [0.1, 0.15) is 48.6 Å². The van der Waals surface area contributed by atoms with E-state index in [-0.39, 0.29) is 34.5 Å². The summed E-state index contributed by atoms with van der Waals surface area (Å²) in [6.45, 7) is 7.75. The molecule has 3 aromatic rings. The Morgan fingerprint density at radius 3 is 2.45 bits per heavy atom. The molecule has 3 rings (SSSR count). The van der Waals surface area contributed by atoms with Crippen molar-refractivity contribution in [3.05, 3.63) is 79.6 Å². The third-order valence-corrected chi connectivity index (χ3v) is 6.60. The highest BCUT2D eigenvalue weighted by Crippen LogP contribution is 2.27. The van der Waals surface area contributed by atoms with Gasteiger partial charge in [-0.2, -0.15) is 0 Å². The summed E-state index contributed by atoms with van der Waals surface area (Å²) in [5, 5.41) is 36.7. The van der Waals surface area contributed by atoms with E-state index < -0.39 is 21.8 Å². The zero-order valence-electron chi connectivity index (χ0n) is 21.2. The van der Waals surface area contributed by atoms with Crippen molar-refractivity contribution < 1.29 is 19.4 Å². The number of nitrogens with zero attached hydrogens (tertiary/aromatic N) is 5. The van der Waals surface area contributed by atoms with Gasteiger partial charge in [-0.3, -0.25) is 29.8 Å². The summed E-state index contributed by atoms with van der Waals surface area (Å²) in [6, 6.07) is 9.37. The Hall–Kier alpha value is -4.33. The monoisotopic (exact) mass is 541 g/mol. The first-order valence-electron chi connectivity index (χ1n) is 11.7. The van der Waals surface area contributed by atoms with Crippen molar-refractivity contribution in [1.29, 1.82) is 0 Å². The standard InChI is InChI=1S/C24H27N7O6S/c1-5-29-22(21(14(2)3)26-23(33)16-7-6-8-18(11-16)30(34)35)27-28-24(29)38-13-20(32)25-17-10-9-15(4)19(12-17)31(36)37/h6-12,14,21H,5,13H2,1-4H3,(H,25,32)(H,26,33)/t21-/m1/s1. The van der Waals surface area contributed by atoms with Gasteiger partial charge in [-0.25, -0.2) is 0 Å². The van der Waals surface area contributed by atoms with Crippen molar-refractivity contribution in [3.63, 3.8) is 0 Å². The molecule has 0 saturated carbocycles. The predicted molar refractivity (Wildman–Crippen MR) is 141 cm³/mol. The van der Waals surface area contributed by atoms with Gasteiger partial charge in [-0.05, 0) is 31.9 Å². The van der Waals surface area contributed by atoms with E-state index in [9.17, 15) is 29.8 Å². The van der Waals surface area contributed by atoms with Crippen LogP contribution in [-0.2, 0) is 11.3 Å². The number of benzene rings is 2. The summed E-state index contributed by atoms with van der Waals surface area (Å²) in [4.78, 5) is 46.6. The SMILES string of the molecule is CCn1c(SCC(=O)Nc2ccc(C)c([N+](=O)[O-])c2)nnc1[C@H](NC(=O)c1cccc([N+](=O)[O-])c1)C(C)C. The lowest BCUT2D eigenvalue weighted by molar-refractivity contribution is -0.385. The maximum atomic E-state index is 12.9. The molecule has 1 aromatic heterocycles. The lowest BCUT2D eigenvalue weighted by atomic mass is 10.0. The second kappa shape index (κ2) is 12.3. The maximum Gasteiger partial charge on any atom is 0.274 e. The summed E-state index contributed by atoms with van der Waals surface area (Å²) in [5.74, 6) is -0.492. The van der Waals surface area contributed by atoms with E-state index in [1.807, 2.05) is 20.8 Å². The molecule has 0 aliphatic carbocycles. The molecule has 2 N–H and O–H groups in total. The van der Waals surface area contributed by atoms with Crippen molar-refractivity contribution >= 4 is 40.6 Å². The van der Waals surface area contributed by atoms with Gasteiger partial charge in [-0.1, -0.05) is 37.7 Å². The largest absolute Gasteiger partial charge is 0.342 e. The Bertz CT molecular complexity index is 1370. The Morgan fingerprint density at radius 1 is 1.08 bits per heavy atom. The average Bonchev–Trinajstić information content (AvgIpc) is 3.29. The van der Waals surface area contributed by atoms with Crippen LogP contribution in [0.4, 0.5) is 17.1 Å². The summed E-state index contributed by atoms with van der Waals surface area (Å²) in [6.07, 6.45) is 0. The van der Waals surface area contributed by atoms with Crippen LogP contribution in [0.2, 0.25) is 0 Å². The summed E-state index contributed by atoms with van der Waals surface area (Å²) in [7, 11) is 0. The number of carbonyl (C=O) groups is 2. The van der Waals surface area contributed by atoms with Gasteiger partial charge < -0.3 is 15.2 Å². The molecule has 0 unspecified atom stereocenters. The molecule has 0 aliphatic rings. The molecule has 2 amide bonds. The Kier molecular flexibility index (Phi) is 9.12. The number of aryl methyl sites for hydroxylation is 1. The Balaban J connectivity index is 1.73. The first-order valence-corrected chi connectivity index (χ1v) is 12.7. The van der Waals surface area contributed by atoms with Gasteiger partial charge in [0.15, 0.2) is 11.0 Å². The van der Waals surface area contributed by atoms with Gasteiger partial charge in [0.25, 0.3) is 17.3 Å². The van der Waals surface area contributed by atoms with E-state index >= 15 is 0 Å². The molecule has 200 valence electrons. The third kappa shape index (κ3) is 6.70. The molecule has 38 heavy (non-hydrogen) atoms. The number of nitro groups is 2. The average molecular weight is 542 g/mol. The number of hydrogen-bond acceptors (Lipinski definition) is 9. The van der Waals surface area contributed by atoms with Crippen molar-refractivity contribution in [1.82, 2.24) is 20.1 Å². The molecule has 1 atom stereocenters. The van der Waals surface area contributed by atoms with Crippen LogP contribution in [0.5, 0.6) is 0 Å². The van der Waals surface area contributed by atoms with Crippen molar-refractivity contribution in [2.45, 2.75) is 45.4 Å². The Labute approximate surface area is 222 Å². The number of nitrogens with one attached hydrogen (secondary N) is 2. The Morgan fingerprint density at radius 2 is 1.82 bits per heavy atom. The summed E-state index contributed by atoms with van der Waals surface area (Å²) in [5.41, 5.74) is 0.679. The van der Waals surface area contributed by atoms with Gasteiger partial charge in [0.1, 0.15) is 0 Å². The van der Waals surface area contributed by atoms with Crippen LogP contribution in [0.15, 0.2) is 47.6 Å². The molecule has 2 aromatic carbocycles. The van der Waals surface area contributed by atoms with E-state index in [0.29, 0.717) is 28.8 Å². The number of non-ortho nitro benzene ring substituents is 1. The zero-order valence-corrected chi connectivity index (χ0v) is 22.0. The first-order chi connectivity index (χ1) is 18.0. The highest BCUT2D eigenvalue weighted by molar-refractivity contribution is 7.99. The minimum Gasteiger partial charge on any atom is -0.342 e. The van der Waals surface area contributed by atoms with Crippen molar-refractivity contribution in [2.24, 2.45) is 5.92 Å². The van der Waals surface area contributed by atoms with Gasteiger partial charge in [0.2, 0.25) is 5.91 Å². The topological polar surface area (TPSA) is 175 Å². The van der Waals surface area contributed by atoms with Crippen LogP contribution in [0.3, 0.4) is 0 Å². The zero-order chi connectivity index (χ0) is 28.0. The highest BCUT2D eigenvalue weighted by atomic mass is 32.2. The third-order valence-electron chi connectivity index (χ3n) is 5.63. The molecule has 14 heteroatoms. The molecule has 0 fully saturated rings. The summed E-state index contributed by atoms with van der Waals surface area (Å²) < 4.78 is 1.78. The molecule has 0 aliphatic heterocycles. The second-order valence-electron chi connectivity index (χ2n) is 8.68. The number of aromatic nitrogens is 3. The molecular weight excluding hydrogens is 514 g/mol. The van der Waals surface area contributed by atoms with E-state index in [1.165, 1.54) is 30.3 Å². The second-order valence-corrected chi connectivity index (χ2v) is 9.63. The number of carbonyl (C=O) groups excluding carboxylic acids is 2. The molecule has 0 radical (unpaired) electrons. The van der Waals surface area contributed by atoms with Gasteiger partial charge >= 0.3 is 0 Å². The van der Waals surface area contributed by atoms with Crippen molar-refractivity contribution in [3.8, 4) is 0 Å². The van der Waals surface area contributed by atoms with Crippen LogP contribution in [-0.4, -0.2) is 42.2 Å². The quantitative estimate of drug-likeness (QED) is 0.204. The fourth-order valence-electron chi connectivity index (χ4n) is 3.66. The van der Waals surface area contributed by atoms with Crippen LogP contribution in [0.25, 0.3) is 0 Å². The normalized spacial score (nSPS) is 11.7. The van der Waals surface area contributed by atoms with E-state index in [4.69, 9.17) is 0 Å². The minimum absolute atomic E-state index is 0.0216. The van der Waals surface area contributed by atoms with Crippen LogP contribution < -0.4 is 10.6 Å². The van der Waals surface area contributed by atoms with Gasteiger partial charge in [-0.15, -0.1) is 10.2 Å². The van der Waals surface area contributed by atoms with Crippen molar-refractivity contribution in [2.75, 3.05) is 11.1 Å². The lowest BCUT2D eigenvalue weighted by Crippen LogP contribution is -2.33. The number of hydrogen-bond donors (Lipinski definition) is 2.